The Kier molecular flexibility index (Phi) is 39.8. The minimum atomic E-state index is -1.18. The van der Waals surface area contributed by atoms with Crippen molar-refractivity contribution >= 4 is 41.5 Å². The summed E-state index contributed by atoms with van der Waals surface area (Å²) in [5.74, 6) is -3.31. The Morgan fingerprint density at radius 2 is 0.871 bits per heavy atom. The predicted molar refractivity (Wildman–Crippen MR) is 234 cm³/mol. The number of rotatable bonds is 45. The van der Waals surface area contributed by atoms with Crippen molar-refractivity contribution in [2.24, 2.45) is 0 Å². The smallest absolute Gasteiger partial charge is 0.326 e. The molecule has 0 saturated heterocycles. The lowest BCUT2D eigenvalue weighted by Crippen LogP contribution is -2.41. The number of hydrogen-bond acceptors (Lipinski definition) is 11. The van der Waals surface area contributed by atoms with Crippen molar-refractivity contribution in [2.75, 3.05) is 72.5 Å². The number of carbonyl (C=O) groups excluding carboxylic acids is 5. The topological polar surface area (TPSA) is 257 Å². The summed E-state index contributed by atoms with van der Waals surface area (Å²) in [4.78, 5) is 82.2. The number of aliphatic carboxylic acids is 2. The van der Waals surface area contributed by atoms with Crippen molar-refractivity contribution < 1.29 is 62.7 Å². The number of carboxylic acid groups (broad SMARTS) is 2. The summed E-state index contributed by atoms with van der Waals surface area (Å²) in [6.45, 7) is 6.29. The van der Waals surface area contributed by atoms with Gasteiger partial charge in [0, 0.05) is 44.9 Å². The molecule has 0 aliphatic carbocycles. The highest BCUT2D eigenvalue weighted by Crippen LogP contribution is 2.14. The SMILES string of the molecule is CCCCCNC(=O)COCCOCCNC(=O)COCCOCCNC(=O)CCC(NC(=O)CCCCCCCCCCCCCCCCC(=O)NC(C)CC(=O)O)C(=O)O. The maximum Gasteiger partial charge on any atom is 0.326 e. The average molecular weight is 888 g/mol. The fourth-order valence-corrected chi connectivity index (χ4v) is 6.24. The summed E-state index contributed by atoms with van der Waals surface area (Å²) >= 11 is 0. The number of hydrogen-bond donors (Lipinski definition) is 7. The molecule has 0 bridgehead atoms. The average Bonchev–Trinajstić information content (AvgIpc) is 3.22. The summed E-state index contributed by atoms with van der Waals surface area (Å²) in [7, 11) is 0. The third-order valence-electron chi connectivity index (χ3n) is 9.69. The van der Waals surface area contributed by atoms with Gasteiger partial charge in [-0.15, -0.1) is 0 Å². The molecule has 0 spiro atoms. The molecule has 0 fully saturated rings. The van der Waals surface area contributed by atoms with Crippen molar-refractivity contribution in [3.63, 3.8) is 0 Å². The molecular formula is C44H81N5O13. The first-order valence-corrected chi connectivity index (χ1v) is 23.1. The van der Waals surface area contributed by atoms with Crippen LogP contribution in [0.1, 0.15) is 155 Å². The number of unbranched alkanes of at least 4 members (excludes halogenated alkanes) is 15. The van der Waals surface area contributed by atoms with Crippen molar-refractivity contribution in [3.05, 3.63) is 0 Å². The molecule has 0 aliphatic heterocycles. The Bertz CT molecular complexity index is 1210. The molecule has 0 heterocycles. The highest BCUT2D eigenvalue weighted by Gasteiger charge is 2.21. The largest absolute Gasteiger partial charge is 0.481 e. The number of amides is 5. The standard InChI is InChI=1S/C44H81N5O13/c1-3-4-19-24-45-41(53)34-61-31-30-60-28-26-47-42(54)35-62-32-29-59-27-25-46-38(50)23-22-37(44(57)58)49-40(52)21-18-16-14-12-10-8-6-5-7-9-11-13-15-17-20-39(51)48-36(2)33-43(55)56/h36-37H,3-35H2,1-2H3,(H,45,53)(H,46,50)(H,47,54)(H,48,51)(H,49,52)(H,55,56)(H,57,58). The fraction of sp³-hybridized carbons (Fsp3) is 0.841. The summed E-state index contributed by atoms with van der Waals surface area (Å²) in [6, 6.07) is -1.49. The maximum atomic E-state index is 12.4. The normalized spacial score (nSPS) is 12.0. The van der Waals surface area contributed by atoms with E-state index in [0.29, 0.717) is 39.1 Å². The summed E-state index contributed by atoms with van der Waals surface area (Å²) in [5, 5.41) is 31.7. The summed E-state index contributed by atoms with van der Waals surface area (Å²) in [5.41, 5.74) is 0. The summed E-state index contributed by atoms with van der Waals surface area (Å²) < 4.78 is 21.3. The van der Waals surface area contributed by atoms with Gasteiger partial charge in [-0.3, -0.25) is 28.8 Å². The molecule has 360 valence electrons. The van der Waals surface area contributed by atoms with E-state index in [1.54, 1.807) is 6.92 Å². The number of carboxylic acids is 2. The Labute approximate surface area is 369 Å². The van der Waals surface area contributed by atoms with Gasteiger partial charge in [-0.1, -0.05) is 96.8 Å². The molecule has 18 nitrogen and oxygen atoms in total. The zero-order chi connectivity index (χ0) is 45.9. The van der Waals surface area contributed by atoms with Crippen molar-refractivity contribution in [3.8, 4) is 0 Å². The maximum absolute atomic E-state index is 12.4. The Morgan fingerprint density at radius 3 is 1.32 bits per heavy atom. The lowest BCUT2D eigenvalue weighted by molar-refractivity contribution is -0.142. The van der Waals surface area contributed by atoms with Crippen molar-refractivity contribution in [2.45, 2.75) is 167 Å². The molecule has 2 unspecified atom stereocenters. The second-order valence-corrected chi connectivity index (χ2v) is 15.6. The van der Waals surface area contributed by atoms with Crippen LogP contribution in [0.15, 0.2) is 0 Å². The van der Waals surface area contributed by atoms with Crippen molar-refractivity contribution in [1.82, 2.24) is 26.6 Å². The second kappa shape index (κ2) is 42.4. The first kappa shape index (κ1) is 58.1. The van der Waals surface area contributed by atoms with Gasteiger partial charge in [0.1, 0.15) is 19.3 Å². The van der Waals surface area contributed by atoms with Gasteiger partial charge in [-0.05, 0) is 32.6 Å². The van der Waals surface area contributed by atoms with E-state index in [4.69, 9.17) is 24.1 Å². The third kappa shape index (κ3) is 41.5. The van der Waals surface area contributed by atoms with E-state index in [1.807, 2.05) is 0 Å². The Morgan fingerprint density at radius 1 is 0.452 bits per heavy atom. The van der Waals surface area contributed by atoms with Gasteiger partial charge in [-0.2, -0.15) is 0 Å². The monoisotopic (exact) mass is 888 g/mol. The molecule has 0 saturated carbocycles. The molecule has 2 atom stereocenters. The molecule has 5 amide bonds. The van der Waals surface area contributed by atoms with E-state index in [1.165, 1.54) is 32.1 Å². The van der Waals surface area contributed by atoms with Gasteiger partial charge >= 0.3 is 11.9 Å². The highest BCUT2D eigenvalue weighted by molar-refractivity contribution is 5.84. The van der Waals surface area contributed by atoms with Gasteiger partial charge in [0.15, 0.2) is 0 Å². The van der Waals surface area contributed by atoms with Crippen LogP contribution in [0, 0.1) is 0 Å². The van der Waals surface area contributed by atoms with Crippen LogP contribution in [-0.4, -0.2) is 136 Å². The number of ether oxygens (including phenoxy) is 4. The summed E-state index contributed by atoms with van der Waals surface area (Å²) in [6.07, 6.45) is 18.7. The third-order valence-corrected chi connectivity index (χ3v) is 9.69. The lowest BCUT2D eigenvalue weighted by atomic mass is 10.0. The second-order valence-electron chi connectivity index (χ2n) is 15.6. The molecule has 7 N–H and O–H groups in total. The fourth-order valence-electron chi connectivity index (χ4n) is 6.24. The van der Waals surface area contributed by atoms with E-state index < -0.39 is 18.0 Å². The van der Waals surface area contributed by atoms with Gasteiger partial charge in [0.05, 0.1) is 46.1 Å². The number of carbonyl (C=O) groups is 7. The van der Waals surface area contributed by atoms with Crippen molar-refractivity contribution in [1.29, 1.82) is 0 Å². The van der Waals surface area contributed by atoms with Crippen LogP contribution < -0.4 is 26.6 Å². The van der Waals surface area contributed by atoms with E-state index in [0.717, 1.165) is 70.6 Å². The predicted octanol–water partition coefficient (Wildman–Crippen LogP) is 4.16. The van der Waals surface area contributed by atoms with Gasteiger partial charge < -0.3 is 55.7 Å². The molecule has 0 aliphatic rings. The van der Waals surface area contributed by atoms with E-state index in [9.17, 15) is 38.7 Å². The Hall–Kier alpha value is -3.87. The van der Waals surface area contributed by atoms with Crippen LogP contribution in [0.3, 0.4) is 0 Å². The van der Waals surface area contributed by atoms with Gasteiger partial charge in [-0.25, -0.2) is 4.79 Å². The van der Waals surface area contributed by atoms with Gasteiger partial charge in [0.2, 0.25) is 29.5 Å². The van der Waals surface area contributed by atoms with Crippen LogP contribution in [0.2, 0.25) is 0 Å². The molecule has 0 aromatic carbocycles. The minimum Gasteiger partial charge on any atom is -0.481 e. The van der Waals surface area contributed by atoms with Crippen LogP contribution in [-0.2, 0) is 52.5 Å². The minimum absolute atomic E-state index is 0.0103. The Balaban J connectivity index is 3.65. The molecule has 0 rings (SSSR count). The first-order chi connectivity index (χ1) is 29.9. The van der Waals surface area contributed by atoms with Gasteiger partial charge in [0.25, 0.3) is 0 Å². The molecular weight excluding hydrogens is 807 g/mol. The molecule has 18 heteroatoms. The van der Waals surface area contributed by atoms with Crippen LogP contribution in [0.5, 0.6) is 0 Å². The van der Waals surface area contributed by atoms with Crippen LogP contribution in [0.4, 0.5) is 0 Å². The highest BCUT2D eigenvalue weighted by atomic mass is 16.5. The lowest BCUT2D eigenvalue weighted by Gasteiger charge is -2.14. The first-order valence-electron chi connectivity index (χ1n) is 23.1. The molecule has 0 aromatic heterocycles. The van der Waals surface area contributed by atoms with E-state index in [2.05, 4.69) is 33.5 Å². The zero-order valence-corrected chi connectivity index (χ0v) is 37.9. The molecule has 0 aromatic rings. The van der Waals surface area contributed by atoms with E-state index in [-0.39, 0.29) is 107 Å². The zero-order valence-electron chi connectivity index (χ0n) is 37.9. The van der Waals surface area contributed by atoms with Crippen LogP contribution >= 0.6 is 0 Å². The van der Waals surface area contributed by atoms with E-state index >= 15 is 0 Å². The molecule has 62 heavy (non-hydrogen) atoms. The molecule has 0 radical (unpaired) electrons. The van der Waals surface area contributed by atoms with Crippen LogP contribution in [0.25, 0.3) is 0 Å². The quantitative estimate of drug-likeness (QED) is 0.0425. The number of nitrogens with one attached hydrogen (secondary N) is 5.